The Morgan fingerprint density at radius 1 is 0.729 bits per heavy atom. The summed E-state index contributed by atoms with van der Waals surface area (Å²) in [6.07, 6.45) is -6.78. The molecular weight excluding hydrogens is 628 g/mol. The van der Waals surface area contributed by atoms with E-state index in [-0.39, 0.29) is 11.2 Å². The normalized spacial score (nSPS) is 20.5. The molecule has 5 atom stereocenters. The largest absolute Gasteiger partial charge is 0.497 e. The second kappa shape index (κ2) is 14.1. The van der Waals surface area contributed by atoms with Crippen LogP contribution in [0.1, 0.15) is 33.3 Å². The zero-order valence-electron chi connectivity index (χ0n) is 27.1. The Hall–Kier alpha value is -5.43. The lowest BCUT2D eigenvalue weighted by Crippen LogP contribution is -2.63. The first kappa shape index (κ1) is 33.9. The van der Waals surface area contributed by atoms with Crippen LogP contribution in [-0.2, 0) is 42.9 Å². The SMILES string of the molecule is COc1ccc(-c2c3ccc(=O)cc-3oc3cc(O[C@@H]4OC(COC(C)=O)[C@H](OC(C)=O)[C@H](OC(C)=O)C4OC(C)=O)ccc23)c(C)c1. The van der Waals surface area contributed by atoms with Gasteiger partial charge in [0, 0.05) is 56.3 Å². The lowest BCUT2D eigenvalue weighted by atomic mass is 9.91. The number of hydrogen-bond donors (Lipinski definition) is 0. The second-order valence-corrected chi connectivity index (χ2v) is 11.2. The first-order valence-corrected chi connectivity index (χ1v) is 15.0. The van der Waals surface area contributed by atoms with E-state index >= 15 is 0 Å². The van der Waals surface area contributed by atoms with Gasteiger partial charge in [0.1, 0.15) is 35.6 Å². The van der Waals surface area contributed by atoms with E-state index in [1.165, 1.54) is 19.1 Å². The summed E-state index contributed by atoms with van der Waals surface area (Å²) in [6.45, 7) is 6.13. The van der Waals surface area contributed by atoms with Crippen LogP contribution < -0.4 is 14.9 Å². The predicted molar refractivity (Wildman–Crippen MR) is 168 cm³/mol. The summed E-state index contributed by atoms with van der Waals surface area (Å²) in [5, 5.41) is 0.698. The summed E-state index contributed by atoms with van der Waals surface area (Å²) >= 11 is 0. The van der Waals surface area contributed by atoms with Gasteiger partial charge in [-0.05, 0) is 54.4 Å². The van der Waals surface area contributed by atoms with Gasteiger partial charge in [0.05, 0.1) is 7.11 Å². The summed E-state index contributed by atoms with van der Waals surface area (Å²) in [7, 11) is 1.59. The Morgan fingerprint density at radius 2 is 1.38 bits per heavy atom. The summed E-state index contributed by atoms with van der Waals surface area (Å²) in [5.41, 5.74) is 3.43. The highest BCUT2D eigenvalue weighted by Crippen LogP contribution is 2.43. The molecule has 0 aromatic heterocycles. The van der Waals surface area contributed by atoms with Gasteiger partial charge in [0.2, 0.25) is 12.4 Å². The topological polar surface area (TPSA) is 163 Å². The van der Waals surface area contributed by atoms with Crippen molar-refractivity contribution in [1.29, 1.82) is 0 Å². The molecule has 0 saturated carbocycles. The molecular formula is C35H34O13. The average Bonchev–Trinajstić information content (AvgIpc) is 3.01. The van der Waals surface area contributed by atoms with E-state index in [0.717, 1.165) is 37.5 Å². The Balaban J connectivity index is 1.61. The number of esters is 4. The van der Waals surface area contributed by atoms with Gasteiger partial charge in [0.25, 0.3) is 0 Å². The number of fused-ring (bicyclic) bond motifs is 2. The van der Waals surface area contributed by atoms with E-state index < -0.39 is 61.2 Å². The Labute approximate surface area is 274 Å². The molecule has 5 rings (SSSR count). The summed E-state index contributed by atoms with van der Waals surface area (Å²) in [5.74, 6) is -1.71. The van der Waals surface area contributed by atoms with Crippen molar-refractivity contribution in [2.24, 2.45) is 0 Å². The van der Waals surface area contributed by atoms with E-state index in [1.54, 1.807) is 31.4 Å². The summed E-state index contributed by atoms with van der Waals surface area (Å²) in [4.78, 5) is 60.5. The predicted octanol–water partition coefficient (Wildman–Crippen LogP) is 4.34. The Morgan fingerprint density at radius 3 is 2.02 bits per heavy atom. The molecule has 3 aliphatic rings. The highest BCUT2D eigenvalue weighted by atomic mass is 16.7. The smallest absolute Gasteiger partial charge is 0.303 e. The van der Waals surface area contributed by atoms with Gasteiger partial charge < -0.3 is 37.6 Å². The van der Waals surface area contributed by atoms with Gasteiger partial charge in [-0.1, -0.05) is 6.07 Å². The zero-order valence-corrected chi connectivity index (χ0v) is 27.1. The van der Waals surface area contributed by atoms with Crippen molar-refractivity contribution in [3.63, 3.8) is 0 Å². The Kier molecular flexibility index (Phi) is 9.99. The number of ether oxygens (including phenoxy) is 7. The molecule has 13 nitrogen and oxygen atoms in total. The van der Waals surface area contributed by atoms with Gasteiger partial charge >= 0.3 is 23.9 Å². The highest BCUT2D eigenvalue weighted by molar-refractivity contribution is 6.02. The number of benzene rings is 3. The summed E-state index contributed by atoms with van der Waals surface area (Å²) < 4.78 is 45.4. The third-order valence-corrected chi connectivity index (χ3v) is 7.57. The number of rotatable bonds is 9. The van der Waals surface area contributed by atoms with Crippen LogP contribution >= 0.6 is 0 Å². The minimum atomic E-state index is -1.44. The molecule has 13 heteroatoms. The van der Waals surface area contributed by atoms with Crippen LogP contribution in [0.25, 0.3) is 33.4 Å². The minimum absolute atomic E-state index is 0.183. The van der Waals surface area contributed by atoms with Gasteiger partial charge in [-0.3, -0.25) is 24.0 Å². The molecule has 0 spiro atoms. The fourth-order valence-electron chi connectivity index (χ4n) is 5.68. The maximum Gasteiger partial charge on any atom is 0.303 e. The number of carbonyl (C=O) groups is 4. The van der Waals surface area contributed by atoms with E-state index in [9.17, 15) is 24.0 Å². The number of carbonyl (C=O) groups excluding carboxylic acids is 4. The molecule has 2 aromatic carbocycles. The van der Waals surface area contributed by atoms with Crippen molar-refractivity contribution < 1.29 is 56.8 Å². The molecule has 48 heavy (non-hydrogen) atoms. The van der Waals surface area contributed by atoms with E-state index in [2.05, 4.69) is 0 Å². The quantitative estimate of drug-likeness (QED) is 0.141. The molecule has 2 unspecified atom stereocenters. The van der Waals surface area contributed by atoms with Gasteiger partial charge in [0.15, 0.2) is 17.6 Å². The van der Waals surface area contributed by atoms with Crippen molar-refractivity contribution in [1.82, 2.24) is 0 Å². The van der Waals surface area contributed by atoms with E-state index in [4.69, 9.17) is 37.6 Å². The van der Waals surface area contributed by atoms with Crippen molar-refractivity contribution in [2.45, 2.75) is 65.3 Å². The summed E-state index contributed by atoms with van der Waals surface area (Å²) in [6, 6.07) is 15.2. The molecule has 2 heterocycles. The van der Waals surface area contributed by atoms with E-state index in [0.29, 0.717) is 28.0 Å². The van der Waals surface area contributed by atoms with Crippen molar-refractivity contribution in [3.8, 4) is 33.9 Å². The van der Waals surface area contributed by atoms with Crippen LogP contribution in [0.15, 0.2) is 63.8 Å². The first-order valence-electron chi connectivity index (χ1n) is 15.0. The van der Waals surface area contributed by atoms with Crippen molar-refractivity contribution in [2.75, 3.05) is 13.7 Å². The third kappa shape index (κ3) is 7.41. The molecule has 0 amide bonds. The maximum atomic E-state index is 12.3. The monoisotopic (exact) mass is 662 g/mol. The van der Waals surface area contributed by atoms with Gasteiger partial charge in [-0.25, -0.2) is 0 Å². The molecule has 2 aliphatic heterocycles. The standard InChI is InChI=1S/C35H34O13/c1-17-13-23(41-6)8-11-25(17)31-26-10-7-22(40)14-28(26)47-29-15-24(9-12-27(29)31)46-35-34(45-21(5)39)33(44-20(4)38)32(43-19(3)37)30(48-35)16-42-18(2)36/h7-15,30,32-35H,16H2,1-6H3/t30?,32-,33-,34?,35+/m0/s1. The number of hydrogen-bond acceptors (Lipinski definition) is 13. The molecule has 1 saturated heterocycles. The third-order valence-electron chi connectivity index (χ3n) is 7.57. The van der Waals surface area contributed by atoms with Gasteiger partial charge in [-0.15, -0.1) is 0 Å². The van der Waals surface area contributed by atoms with Crippen LogP contribution in [0.2, 0.25) is 0 Å². The molecule has 1 aliphatic carbocycles. The maximum absolute atomic E-state index is 12.3. The lowest BCUT2D eigenvalue weighted by Gasteiger charge is -2.43. The lowest BCUT2D eigenvalue weighted by molar-refractivity contribution is -0.288. The van der Waals surface area contributed by atoms with Crippen molar-refractivity contribution >= 4 is 34.8 Å². The average molecular weight is 663 g/mol. The fraction of sp³-hybridized carbons (Fsp3) is 0.343. The van der Waals surface area contributed by atoms with Crippen LogP contribution in [0.4, 0.5) is 0 Å². The fourth-order valence-corrected chi connectivity index (χ4v) is 5.68. The molecule has 0 bridgehead atoms. The molecule has 2 aromatic rings. The van der Waals surface area contributed by atoms with Gasteiger partial charge in [-0.2, -0.15) is 0 Å². The minimum Gasteiger partial charge on any atom is -0.497 e. The highest BCUT2D eigenvalue weighted by Gasteiger charge is 2.53. The van der Waals surface area contributed by atoms with Crippen molar-refractivity contribution in [3.05, 3.63) is 70.4 Å². The first-order chi connectivity index (χ1) is 22.8. The van der Waals surface area contributed by atoms with Crippen LogP contribution in [0, 0.1) is 6.92 Å². The molecule has 1 fully saturated rings. The van der Waals surface area contributed by atoms with Crippen LogP contribution in [0.5, 0.6) is 11.5 Å². The number of aryl methyl sites for hydroxylation is 1. The molecule has 252 valence electrons. The van der Waals surface area contributed by atoms with Crippen LogP contribution in [-0.4, -0.2) is 68.3 Å². The number of methoxy groups -OCH3 is 1. The molecule has 0 radical (unpaired) electrons. The molecule has 0 N–H and O–H groups in total. The Bertz CT molecular complexity index is 1890. The van der Waals surface area contributed by atoms with Crippen LogP contribution in [0.3, 0.4) is 0 Å². The van der Waals surface area contributed by atoms with E-state index in [1.807, 2.05) is 25.1 Å². The zero-order chi connectivity index (χ0) is 34.7. The second-order valence-electron chi connectivity index (χ2n) is 11.2.